The molecule has 3 aromatic rings. The fourth-order valence-corrected chi connectivity index (χ4v) is 5.23. The number of carbonyl (C=O) groups excluding carboxylic acids is 1. The number of hydrogen-bond acceptors (Lipinski definition) is 3. The number of hydrogen-bond donors (Lipinski definition) is 2. The van der Waals surface area contributed by atoms with E-state index in [1.165, 1.54) is 0 Å². The van der Waals surface area contributed by atoms with Gasteiger partial charge in [0.25, 0.3) is 5.91 Å². The third-order valence-corrected chi connectivity index (χ3v) is 7.21. The number of aryl methyl sites for hydroxylation is 1. The van der Waals surface area contributed by atoms with Crippen LogP contribution in [0.3, 0.4) is 0 Å². The van der Waals surface area contributed by atoms with Crippen molar-refractivity contribution in [1.82, 2.24) is 14.8 Å². The summed E-state index contributed by atoms with van der Waals surface area (Å²) < 4.78 is 0. The fraction of sp³-hybridized carbons (Fsp3) is 0.400. The second-order valence-corrected chi connectivity index (χ2v) is 9.42. The van der Waals surface area contributed by atoms with E-state index in [9.17, 15) is 4.79 Å². The van der Waals surface area contributed by atoms with Gasteiger partial charge in [0.05, 0.1) is 0 Å². The summed E-state index contributed by atoms with van der Waals surface area (Å²) in [5.41, 5.74) is 4.06. The minimum absolute atomic E-state index is 0.171. The molecule has 6 heteroatoms. The standard InChI is InChI=1S/C25H29ClN4O/c1-17-3-5-22(12-23(17)26)27-8-2-10-29-13-20-15-30(16-21(20)14-29)25(31)19-4-6-24-18(11-19)7-9-28-24/h3-7,9,11-12,20-21,27-28H,2,8,10,13-16H2,1H3. The van der Waals surface area contributed by atoms with Crippen molar-refractivity contribution in [1.29, 1.82) is 0 Å². The molecule has 5 nitrogen and oxygen atoms in total. The van der Waals surface area contributed by atoms with Gasteiger partial charge in [0.15, 0.2) is 0 Å². The van der Waals surface area contributed by atoms with Crippen LogP contribution in [0.25, 0.3) is 10.9 Å². The molecule has 0 aliphatic carbocycles. The van der Waals surface area contributed by atoms with Crippen molar-refractivity contribution >= 4 is 34.1 Å². The van der Waals surface area contributed by atoms with Gasteiger partial charge in [-0.15, -0.1) is 0 Å². The van der Waals surface area contributed by atoms with Gasteiger partial charge in [-0.05, 0) is 73.7 Å². The van der Waals surface area contributed by atoms with Crippen LogP contribution in [0.4, 0.5) is 5.69 Å². The summed E-state index contributed by atoms with van der Waals surface area (Å²) >= 11 is 6.20. The Hall–Kier alpha value is -2.50. The predicted molar refractivity (Wildman–Crippen MR) is 127 cm³/mol. The van der Waals surface area contributed by atoms with Crippen molar-refractivity contribution in [2.24, 2.45) is 11.8 Å². The number of aromatic nitrogens is 1. The van der Waals surface area contributed by atoms with Crippen LogP contribution in [0.1, 0.15) is 22.3 Å². The van der Waals surface area contributed by atoms with Crippen LogP contribution in [0.15, 0.2) is 48.7 Å². The van der Waals surface area contributed by atoms with Gasteiger partial charge in [-0.3, -0.25) is 4.79 Å². The Morgan fingerprint density at radius 3 is 2.68 bits per heavy atom. The Labute approximate surface area is 188 Å². The molecule has 2 aliphatic heterocycles. The van der Waals surface area contributed by atoms with E-state index >= 15 is 0 Å². The molecule has 31 heavy (non-hydrogen) atoms. The van der Waals surface area contributed by atoms with E-state index in [0.29, 0.717) is 11.8 Å². The Morgan fingerprint density at radius 2 is 1.90 bits per heavy atom. The number of aromatic amines is 1. The maximum Gasteiger partial charge on any atom is 0.253 e. The molecule has 0 radical (unpaired) electrons. The Morgan fingerprint density at radius 1 is 1.10 bits per heavy atom. The van der Waals surface area contributed by atoms with Crippen LogP contribution < -0.4 is 5.32 Å². The highest BCUT2D eigenvalue weighted by Crippen LogP contribution is 2.32. The van der Waals surface area contributed by atoms with Crippen LogP contribution >= 0.6 is 11.6 Å². The summed E-state index contributed by atoms with van der Waals surface area (Å²) in [6.07, 6.45) is 3.02. The lowest BCUT2D eigenvalue weighted by Gasteiger charge is -2.22. The molecule has 1 aromatic heterocycles. The third kappa shape index (κ3) is 4.30. The highest BCUT2D eigenvalue weighted by atomic mass is 35.5. The largest absolute Gasteiger partial charge is 0.385 e. The van der Waals surface area contributed by atoms with Gasteiger partial charge in [-0.2, -0.15) is 0 Å². The van der Waals surface area contributed by atoms with Crippen LogP contribution in [0.5, 0.6) is 0 Å². The van der Waals surface area contributed by atoms with Crippen LogP contribution in [0, 0.1) is 18.8 Å². The van der Waals surface area contributed by atoms with Gasteiger partial charge < -0.3 is 20.1 Å². The molecule has 2 aliphatic rings. The van der Waals surface area contributed by atoms with Crippen molar-refractivity contribution in [2.75, 3.05) is 44.6 Å². The molecule has 5 rings (SSSR count). The van der Waals surface area contributed by atoms with Crippen LogP contribution in [-0.2, 0) is 0 Å². The van der Waals surface area contributed by atoms with E-state index in [0.717, 1.165) is 78.4 Å². The summed E-state index contributed by atoms with van der Waals surface area (Å²) in [5.74, 6) is 1.37. The molecular weight excluding hydrogens is 408 g/mol. The molecule has 3 heterocycles. The highest BCUT2D eigenvalue weighted by Gasteiger charge is 2.41. The smallest absolute Gasteiger partial charge is 0.253 e. The van der Waals surface area contributed by atoms with Crippen molar-refractivity contribution < 1.29 is 4.79 Å². The number of carbonyl (C=O) groups is 1. The number of fused-ring (bicyclic) bond motifs is 2. The summed E-state index contributed by atoms with van der Waals surface area (Å²) in [4.78, 5) is 20.8. The second-order valence-electron chi connectivity index (χ2n) is 9.01. The SMILES string of the molecule is Cc1ccc(NCCCN2CC3CN(C(=O)c4ccc5[nH]ccc5c4)CC3C2)cc1Cl. The second kappa shape index (κ2) is 8.56. The Kier molecular flexibility index (Phi) is 5.63. The zero-order chi connectivity index (χ0) is 21.4. The first-order chi connectivity index (χ1) is 15.1. The quantitative estimate of drug-likeness (QED) is 0.553. The van der Waals surface area contributed by atoms with Crippen molar-refractivity contribution in [3.8, 4) is 0 Å². The molecule has 0 saturated carbocycles. The monoisotopic (exact) mass is 436 g/mol. The van der Waals surface area contributed by atoms with E-state index in [4.69, 9.17) is 11.6 Å². The maximum atomic E-state index is 13.0. The number of anilines is 1. The Balaban J connectivity index is 1.08. The molecule has 2 aromatic carbocycles. The van der Waals surface area contributed by atoms with Gasteiger partial charge in [-0.1, -0.05) is 17.7 Å². The number of likely N-dealkylation sites (tertiary alicyclic amines) is 2. The first-order valence-electron chi connectivity index (χ1n) is 11.2. The predicted octanol–water partition coefficient (Wildman–Crippen LogP) is 4.64. The normalized spacial score (nSPS) is 21.0. The number of H-pyrrole nitrogens is 1. The highest BCUT2D eigenvalue weighted by molar-refractivity contribution is 6.31. The number of rotatable bonds is 6. The minimum Gasteiger partial charge on any atom is -0.385 e. The molecule has 2 unspecified atom stereocenters. The number of amides is 1. The fourth-order valence-electron chi connectivity index (χ4n) is 5.05. The average Bonchev–Trinajstić information content (AvgIpc) is 3.47. The third-order valence-electron chi connectivity index (χ3n) is 6.80. The first kappa shape index (κ1) is 20.4. The number of benzene rings is 2. The molecular formula is C25H29ClN4O. The first-order valence-corrected chi connectivity index (χ1v) is 11.5. The van der Waals surface area contributed by atoms with Gasteiger partial charge >= 0.3 is 0 Å². The number of halogens is 1. The summed E-state index contributed by atoms with van der Waals surface area (Å²) in [7, 11) is 0. The summed E-state index contributed by atoms with van der Waals surface area (Å²) in [5, 5.41) is 5.38. The molecule has 0 spiro atoms. The Bertz CT molecular complexity index is 1080. The van der Waals surface area contributed by atoms with Crippen molar-refractivity contribution in [2.45, 2.75) is 13.3 Å². The van der Waals surface area contributed by atoms with Crippen molar-refractivity contribution in [3.63, 3.8) is 0 Å². The van der Waals surface area contributed by atoms with Crippen LogP contribution in [-0.4, -0.2) is 60.0 Å². The van der Waals surface area contributed by atoms with Crippen molar-refractivity contribution in [3.05, 3.63) is 64.8 Å². The molecule has 2 atom stereocenters. The average molecular weight is 437 g/mol. The maximum absolute atomic E-state index is 13.0. The van der Waals surface area contributed by atoms with E-state index in [-0.39, 0.29) is 5.91 Å². The molecule has 2 fully saturated rings. The summed E-state index contributed by atoms with van der Waals surface area (Å²) in [6.45, 7) is 8.01. The molecule has 162 valence electrons. The zero-order valence-electron chi connectivity index (χ0n) is 17.9. The minimum atomic E-state index is 0.171. The number of nitrogens with one attached hydrogen (secondary N) is 2. The lowest BCUT2D eigenvalue weighted by molar-refractivity contribution is 0.0774. The van der Waals surface area contributed by atoms with Gasteiger partial charge in [0, 0.05) is 66.1 Å². The van der Waals surface area contributed by atoms with E-state index in [2.05, 4.69) is 32.2 Å². The van der Waals surface area contributed by atoms with E-state index in [1.54, 1.807) is 0 Å². The zero-order valence-corrected chi connectivity index (χ0v) is 18.7. The van der Waals surface area contributed by atoms with Gasteiger partial charge in [-0.25, -0.2) is 0 Å². The molecule has 2 saturated heterocycles. The molecule has 0 bridgehead atoms. The lowest BCUT2D eigenvalue weighted by Crippen LogP contribution is -2.33. The molecule has 1 amide bonds. The van der Waals surface area contributed by atoms with E-state index in [1.807, 2.05) is 43.5 Å². The lowest BCUT2D eigenvalue weighted by atomic mass is 10.0. The van der Waals surface area contributed by atoms with Gasteiger partial charge in [0.1, 0.15) is 0 Å². The van der Waals surface area contributed by atoms with E-state index < -0.39 is 0 Å². The number of nitrogens with zero attached hydrogens (tertiary/aromatic N) is 2. The van der Waals surface area contributed by atoms with Crippen LogP contribution in [0.2, 0.25) is 5.02 Å². The summed E-state index contributed by atoms with van der Waals surface area (Å²) in [6, 6.07) is 14.1. The van der Waals surface area contributed by atoms with Gasteiger partial charge in [0.2, 0.25) is 0 Å². The molecule has 2 N–H and O–H groups in total. The topological polar surface area (TPSA) is 51.4 Å².